The molecule has 1 heterocycles. The lowest BCUT2D eigenvalue weighted by Gasteiger charge is -2.18. The second kappa shape index (κ2) is 12.4. The Balaban J connectivity index is 1.55. The third kappa shape index (κ3) is 7.93. The fourth-order valence-electron chi connectivity index (χ4n) is 2.83. The fraction of sp³-hybridized carbons (Fsp3) is 0.261. The van der Waals surface area contributed by atoms with Gasteiger partial charge in [-0.3, -0.25) is 14.9 Å². The second-order valence-electron chi connectivity index (χ2n) is 7.14. The number of thioether (sulfide) groups is 1. The zero-order valence-corrected chi connectivity index (χ0v) is 18.7. The minimum Gasteiger partial charge on any atom is -0.453 e. The summed E-state index contributed by atoms with van der Waals surface area (Å²) in [5.74, 6) is -2.56. The zero-order valence-electron chi connectivity index (χ0n) is 17.9. The van der Waals surface area contributed by atoms with Crippen molar-refractivity contribution in [1.29, 1.82) is 0 Å². The van der Waals surface area contributed by atoms with Crippen LogP contribution in [0.25, 0.3) is 0 Å². The maximum atomic E-state index is 12.6. The molecule has 10 nitrogen and oxygen atoms in total. The van der Waals surface area contributed by atoms with Crippen LogP contribution in [-0.2, 0) is 41.8 Å². The van der Waals surface area contributed by atoms with Gasteiger partial charge in [0.1, 0.15) is 19.3 Å². The predicted molar refractivity (Wildman–Crippen MR) is 120 cm³/mol. The lowest BCUT2D eigenvalue weighted by atomic mass is 10.2. The molecule has 0 spiro atoms. The lowest BCUT2D eigenvalue weighted by Crippen LogP contribution is -2.45. The third-order valence-corrected chi connectivity index (χ3v) is 5.39. The molecule has 3 amide bonds. The Morgan fingerprint density at radius 2 is 1.53 bits per heavy atom. The van der Waals surface area contributed by atoms with Gasteiger partial charge in [-0.25, -0.2) is 14.4 Å². The zero-order chi connectivity index (χ0) is 24.3. The highest BCUT2D eigenvalue weighted by molar-refractivity contribution is 8.13. The quantitative estimate of drug-likeness (QED) is 0.311. The van der Waals surface area contributed by atoms with Gasteiger partial charge in [-0.1, -0.05) is 60.7 Å². The van der Waals surface area contributed by atoms with Crippen LogP contribution in [0, 0.1) is 0 Å². The Morgan fingerprint density at radius 1 is 0.941 bits per heavy atom. The van der Waals surface area contributed by atoms with Crippen LogP contribution in [0.3, 0.4) is 0 Å². The molecule has 1 fully saturated rings. The van der Waals surface area contributed by atoms with Crippen LogP contribution in [-0.4, -0.2) is 47.1 Å². The molecule has 0 aromatic heterocycles. The van der Waals surface area contributed by atoms with Crippen LogP contribution in [0.2, 0.25) is 0 Å². The van der Waals surface area contributed by atoms with Crippen LogP contribution in [0.5, 0.6) is 0 Å². The smallest absolute Gasteiger partial charge is 0.408 e. The van der Waals surface area contributed by atoms with Crippen LogP contribution in [0.15, 0.2) is 60.7 Å². The van der Waals surface area contributed by atoms with E-state index in [1.807, 2.05) is 17.4 Å². The summed E-state index contributed by atoms with van der Waals surface area (Å²) in [4.78, 5) is 60.0. The summed E-state index contributed by atoms with van der Waals surface area (Å²) in [6.45, 7) is -0.00107. The summed E-state index contributed by atoms with van der Waals surface area (Å²) < 4.78 is 15.3. The van der Waals surface area contributed by atoms with Crippen molar-refractivity contribution >= 4 is 40.9 Å². The average molecular weight is 487 g/mol. The van der Waals surface area contributed by atoms with Gasteiger partial charge in [0.25, 0.3) is 5.91 Å². The van der Waals surface area contributed by atoms with E-state index in [4.69, 9.17) is 14.2 Å². The molecule has 0 saturated carbocycles. The lowest BCUT2D eigenvalue weighted by molar-refractivity contribution is -0.155. The van der Waals surface area contributed by atoms with Gasteiger partial charge in [-0.2, -0.15) is 0 Å². The molecule has 2 aromatic rings. The largest absolute Gasteiger partial charge is 0.453 e. The topological polar surface area (TPSA) is 137 Å². The molecule has 0 radical (unpaired) electrons. The highest BCUT2D eigenvalue weighted by Gasteiger charge is 2.36. The van der Waals surface area contributed by atoms with Gasteiger partial charge >= 0.3 is 17.4 Å². The highest BCUT2D eigenvalue weighted by Crippen LogP contribution is 2.14. The summed E-state index contributed by atoms with van der Waals surface area (Å²) in [6.07, 6.45) is -2.54. The van der Waals surface area contributed by atoms with Crippen molar-refractivity contribution in [1.82, 2.24) is 10.6 Å². The van der Waals surface area contributed by atoms with E-state index in [0.717, 1.165) is 11.1 Å². The molecular formula is C23H22N2O8S. The van der Waals surface area contributed by atoms with Crippen molar-refractivity contribution in [3.63, 3.8) is 0 Å². The molecule has 2 N–H and O–H groups in total. The number of rotatable bonds is 9. The minimum absolute atomic E-state index is 0.0404. The van der Waals surface area contributed by atoms with Gasteiger partial charge < -0.3 is 19.5 Å². The van der Waals surface area contributed by atoms with E-state index in [-0.39, 0.29) is 25.4 Å². The number of alkyl carbamates (subject to hydrolysis) is 1. The standard InChI is InChI=1S/C23H22N2O8S/c26-19-11-18(20(27)25-19)33-21(28)17(24-22(29)31-12-15-7-3-1-4-8-15)14-34-23(30)32-13-16-9-5-2-6-10-16/h1-10,17-18H,11-14H2,(H,24,29)(H,25,26,27)/t17-,18?/m0/s1. The van der Waals surface area contributed by atoms with Gasteiger partial charge in [0.05, 0.1) is 6.42 Å². The van der Waals surface area contributed by atoms with E-state index in [1.165, 1.54) is 0 Å². The number of carbonyl (C=O) groups is 5. The first-order valence-corrected chi connectivity index (χ1v) is 11.2. The van der Waals surface area contributed by atoms with Gasteiger partial charge in [-0.05, 0) is 22.9 Å². The SMILES string of the molecule is O=C1CC(OC(=O)[C@H](CSC(=O)OCc2ccccc2)NC(=O)OCc2ccccc2)C(=O)N1. The number of hydrogen-bond acceptors (Lipinski definition) is 9. The van der Waals surface area contributed by atoms with Gasteiger partial charge in [0, 0.05) is 5.75 Å². The summed E-state index contributed by atoms with van der Waals surface area (Å²) in [5.41, 5.74) is 1.52. The molecule has 0 aliphatic carbocycles. The third-order valence-electron chi connectivity index (χ3n) is 4.54. The molecule has 11 heteroatoms. The number of amides is 3. The van der Waals surface area contributed by atoms with Crippen LogP contribution in [0.4, 0.5) is 9.59 Å². The molecule has 2 aromatic carbocycles. The van der Waals surface area contributed by atoms with E-state index >= 15 is 0 Å². The summed E-state index contributed by atoms with van der Waals surface area (Å²) in [7, 11) is 0. The van der Waals surface area contributed by atoms with E-state index in [1.54, 1.807) is 48.5 Å². The molecular weight excluding hydrogens is 464 g/mol. The Kier molecular flexibility index (Phi) is 9.04. The van der Waals surface area contributed by atoms with Crippen molar-refractivity contribution in [3.05, 3.63) is 71.8 Å². The first kappa shape index (κ1) is 24.8. The van der Waals surface area contributed by atoms with Crippen LogP contribution >= 0.6 is 11.8 Å². The van der Waals surface area contributed by atoms with E-state index in [2.05, 4.69) is 5.32 Å². The number of hydrogen-bond donors (Lipinski definition) is 2. The summed E-state index contributed by atoms with van der Waals surface area (Å²) >= 11 is 0.648. The maximum absolute atomic E-state index is 12.6. The van der Waals surface area contributed by atoms with Crippen LogP contribution < -0.4 is 10.6 Å². The molecule has 34 heavy (non-hydrogen) atoms. The molecule has 3 rings (SSSR count). The highest BCUT2D eigenvalue weighted by atomic mass is 32.2. The molecule has 1 aliphatic heterocycles. The van der Waals surface area contributed by atoms with Crippen molar-refractivity contribution in [3.8, 4) is 0 Å². The number of nitrogens with one attached hydrogen (secondary N) is 2. The number of ether oxygens (including phenoxy) is 3. The van der Waals surface area contributed by atoms with E-state index < -0.39 is 41.3 Å². The van der Waals surface area contributed by atoms with Gasteiger partial charge in [-0.15, -0.1) is 0 Å². The Bertz CT molecular complexity index is 1030. The van der Waals surface area contributed by atoms with Crippen molar-refractivity contribution in [2.45, 2.75) is 31.8 Å². The monoisotopic (exact) mass is 486 g/mol. The summed E-state index contributed by atoms with van der Waals surface area (Å²) in [6, 6.07) is 16.6. The minimum atomic E-state index is -1.33. The van der Waals surface area contributed by atoms with Gasteiger partial charge in [0.15, 0.2) is 6.10 Å². The number of imide groups is 1. The van der Waals surface area contributed by atoms with Crippen molar-refractivity contribution < 1.29 is 38.2 Å². The number of esters is 1. The molecule has 0 bridgehead atoms. The normalized spacial score (nSPS) is 15.7. The first-order chi connectivity index (χ1) is 16.4. The van der Waals surface area contributed by atoms with Gasteiger partial charge in [0.2, 0.25) is 5.91 Å². The molecule has 178 valence electrons. The van der Waals surface area contributed by atoms with E-state index in [9.17, 15) is 24.0 Å². The Hall–Kier alpha value is -3.86. The maximum Gasteiger partial charge on any atom is 0.408 e. The predicted octanol–water partition coefficient (Wildman–Crippen LogP) is 2.31. The van der Waals surface area contributed by atoms with Crippen LogP contribution in [0.1, 0.15) is 17.5 Å². The number of benzene rings is 2. The van der Waals surface area contributed by atoms with Crippen molar-refractivity contribution in [2.24, 2.45) is 0 Å². The Labute approximate surface area is 199 Å². The molecule has 1 aliphatic rings. The second-order valence-corrected chi connectivity index (χ2v) is 8.09. The molecule has 1 saturated heterocycles. The molecule has 2 atom stereocenters. The van der Waals surface area contributed by atoms with E-state index in [0.29, 0.717) is 11.8 Å². The Morgan fingerprint density at radius 3 is 2.09 bits per heavy atom. The van der Waals surface area contributed by atoms with Crippen molar-refractivity contribution in [2.75, 3.05) is 5.75 Å². The fourth-order valence-corrected chi connectivity index (χ4v) is 3.50. The molecule has 1 unspecified atom stereocenters. The first-order valence-electron chi connectivity index (χ1n) is 10.3. The number of carbonyl (C=O) groups excluding carboxylic acids is 5. The summed E-state index contributed by atoms with van der Waals surface area (Å²) in [5, 5.41) is 3.69. The average Bonchev–Trinajstić information content (AvgIpc) is 3.16.